The van der Waals surface area contributed by atoms with Gasteiger partial charge in [-0.25, -0.2) is 14.4 Å². The van der Waals surface area contributed by atoms with E-state index in [0.717, 1.165) is 22.7 Å². The largest absolute Gasteiger partial charge is 0.352 e. The van der Waals surface area contributed by atoms with Crippen LogP contribution in [0.4, 0.5) is 10.2 Å². The summed E-state index contributed by atoms with van der Waals surface area (Å²) in [6, 6.07) is -0.0752. The van der Waals surface area contributed by atoms with Crippen LogP contribution >= 0.6 is 11.3 Å². The summed E-state index contributed by atoms with van der Waals surface area (Å²) in [5, 5.41) is 3.55. The Kier molecular flexibility index (Phi) is 5.08. The number of amides is 2. The molecule has 2 amide bonds. The molecule has 0 saturated carbocycles. The number of hydrogen-bond donors (Lipinski definition) is 1. The van der Waals surface area contributed by atoms with Crippen LogP contribution in [-0.4, -0.2) is 52.9 Å². The molecule has 9 heteroatoms. The number of piperidine rings is 1. The zero-order valence-electron chi connectivity index (χ0n) is 16.4. The second kappa shape index (κ2) is 7.55. The third-order valence-corrected chi connectivity index (χ3v) is 6.41. The highest BCUT2D eigenvalue weighted by Crippen LogP contribution is 2.36. The molecule has 29 heavy (non-hydrogen) atoms. The minimum absolute atomic E-state index is 0.0752. The zero-order valence-corrected chi connectivity index (χ0v) is 17.2. The summed E-state index contributed by atoms with van der Waals surface area (Å²) in [5.41, 5.74) is 1.08. The molecule has 7 nitrogen and oxygen atoms in total. The Hall–Kier alpha value is -2.81. The Morgan fingerprint density at radius 3 is 3.00 bits per heavy atom. The fourth-order valence-corrected chi connectivity index (χ4v) is 4.70. The van der Waals surface area contributed by atoms with Crippen LogP contribution in [0.3, 0.4) is 0 Å². The monoisotopic (exact) mass is 415 g/mol. The molecule has 2 aromatic heterocycles. The lowest BCUT2D eigenvalue weighted by atomic mass is 10.0. The van der Waals surface area contributed by atoms with Gasteiger partial charge in [0.1, 0.15) is 0 Å². The quantitative estimate of drug-likeness (QED) is 0.777. The van der Waals surface area contributed by atoms with Crippen molar-refractivity contribution in [2.75, 3.05) is 25.0 Å². The zero-order chi connectivity index (χ0) is 20.7. The van der Waals surface area contributed by atoms with Crippen molar-refractivity contribution in [3.63, 3.8) is 0 Å². The molecule has 0 radical (unpaired) electrons. The van der Waals surface area contributed by atoms with Crippen molar-refractivity contribution < 1.29 is 14.0 Å². The first kappa shape index (κ1) is 19.5. The average molecular weight is 415 g/mol. The Labute approximate surface area is 172 Å². The molecular formula is C20H22FN5O2S. The molecule has 1 unspecified atom stereocenters. The number of halogens is 1. The number of fused-ring (bicyclic) bond motifs is 1. The van der Waals surface area contributed by atoms with Crippen LogP contribution < -0.4 is 10.2 Å². The van der Waals surface area contributed by atoms with Crippen LogP contribution in [0.15, 0.2) is 18.9 Å². The van der Waals surface area contributed by atoms with Crippen LogP contribution in [0.5, 0.6) is 0 Å². The number of thiazole rings is 1. The van der Waals surface area contributed by atoms with Gasteiger partial charge in [0.15, 0.2) is 11.6 Å². The third-order valence-electron chi connectivity index (χ3n) is 5.49. The van der Waals surface area contributed by atoms with E-state index < -0.39 is 5.82 Å². The topological polar surface area (TPSA) is 78.4 Å². The van der Waals surface area contributed by atoms with Gasteiger partial charge in [-0.05, 0) is 25.8 Å². The molecule has 0 bridgehead atoms. The van der Waals surface area contributed by atoms with Gasteiger partial charge in [0.05, 0.1) is 21.1 Å². The number of likely N-dealkylation sites (tertiary alicyclic amines) is 1. The van der Waals surface area contributed by atoms with Gasteiger partial charge in [0.2, 0.25) is 5.91 Å². The highest BCUT2D eigenvalue weighted by molar-refractivity contribution is 7.15. The first-order valence-corrected chi connectivity index (χ1v) is 10.3. The molecular weight excluding hydrogens is 393 g/mol. The Balaban J connectivity index is 1.75. The smallest absolute Gasteiger partial charge is 0.254 e. The van der Waals surface area contributed by atoms with E-state index >= 15 is 4.39 Å². The molecule has 1 saturated heterocycles. The maximum Gasteiger partial charge on any atom is 0.254 e. The predicted octanol–water partition coefficient (Wildman–Crippen LogP) is 2.51. The standard InChI is InChI=1S/C20H22FN5O2S/c1-4-15(27)26-7-5-6-12(10-26)25(3)19-17(21)13-8-23-20(28)16(13)18(24-19)14-9-22-11(2)29-14/h4,9,12H,1,5-8,10H2,2-3H3,(H,23,28). The van der Waals surface area contributed by atoms with E-state index in [-0.39, 0.29) is 35.8 Å². The number of likely N-dealkylation sites (N-methyl/N-ethyl adjacent to an activating group) is 1. The maximum atomic E-state index is 15.4. The molecule has 4 rings (SSSR count). The summed E-state index contributed by atoms with van der Waals surface area (Å²) < 4.78 is 15.4. The normalized spacial score (nSPS) is 18.4. The van der Waals surface area contributed by atoms with Crippen molar-refractivity contribution in [3.8, 4) is 10.6 Å². The second-order valence-electron chi connectivity index (χ2n) is 7.27. The molecule has 152 valence electrons. The number of hydrogen-bond acceptors (Lipinski definition) is 6. The number of pyridine rings is 1. The number of nitrogens with zero attached hydrogens (tertiary/aromatic N) is 4. The SMILES string of the molecule is C=CC(=O)N1CCCC(N(C)c2nc(-c3cnc(C)s3)c3c(c2F)CNC3=O)C1. The van der Waals surface area contributed by atoms with Gasteiger partial charge in [0.25, 0.3) is 5.91 Å². The lowest BCUT2D eigenvalue weighted by Gasteiger charge is -2.38. The second-order valence-corrected chi connectivity index (χ2v) is 8.51. The van der Waals surface area contributed by atoms with Gasteiger partial charge < -0.3 is 15.1 Å². The Morgan fingerprint density at radius 2 is 2.31 bits per heavy atom. The predicted molar refractivity (Wildman–Crippen MR) is 109 cm³/mol. The van der Waals surface area contributed by atoms with Crippen LogP contribution in [0.25, 0.3) is 10.6 Å². The Morgan fingerprint density at radius 1 is 1.52 bits per heavy atom. The van der Waals surface area contributed by atoms with Crippen molar-refractivity contribution in [3.05, 3.63) is 40.8 Å². The number of nitrogens with one attached hydrogen (secondary N) is 1. The average Bonchev–Trinajstić information content (AvgIpc) is 3.34. The van der Waals surface area contributed by atoms with E-state index in [4.69, 9.17) is 0 Å². The summed E-state index contributed by atoms with van der Waals surface area (Å²) in [7, 11) is 1.79. The van der Waals surface area contributed by atoms with Crippen molar-refractivity contribution in [1.82, 2.24) is 20.2 Å². The molecule has 2 aromatic rings. The lowest BCUT2D eigenvalue weighted by molar-refractivity contribution is -0.127. The fourth-order valence-electron chi connectivity index (χ4n) is 3.92. The number of anilines is 1. The molecule has 2 aliphatic heterocycles. The Bertz CT molecular complexity index is 1000. The van der Waals surface area contributed by atoms with E-state index in [2.05, 4.69) is 21.9 Å². The minimum atomic E-state index is -0.488. The molecule has 0 aliphatic carbocycles. The number of rotatable bonds is 4. The molecule has 1 fully saturated rings. The van der Waals surface area contributed by atoms with E-state index in [1.54, 1.807) is 23.0 Å². The molecule has 0 spiro atoms. The number of carbonyl (C=O) groups excluding carboxylic acids is 2. The summed E-state index contributed by atoms with van der Waals surface area (Å²) in [6.07, 6.45) is 4.61. The van der Waals surface area contributed by atoms with Gasteiger partial charge in [-0.1, -0.05) is 6.58 Å². The van der Waals surface area contributed by atoms with Gasteiger partial charge >= 0.3 is 0 Å². The van der Waals surface area contributed by atoms with Gasteiger partial charge in [-0.15, -0.1) is 11.3 Å². The molecule has 1 atom stereocenters. The molecule has 0 aromatic carbocycles. The number of aromatic nitrogens is 2. The van der Waals surface area contributed by atoms with E-state index in [1.165, 1.54) is 17.4 Å². The number of aryl methyl sites for hydroxylation is 1. The molecule has 1 N–H and O–H groups in total. The summed E-state index contributed by atoms with van der Waals surface area (Å²) in [6.45, 7) is 6.71. The van der Waals surface area contributed by atoms with Gasteiger partial charge in [-0.2, -0.15) is 0 Å². The lowest BCUT2D eigenvalue weighted by Crippen LogP contribution is -2.48. The van der Waals surface area contributed by atoms with Crippen LogP contribution in [0.2, 0.25) is 0 Å². The first-order valence-electron chi connectivity index (χ1n) is 9.48. The highest BCUT2D eigenvalue weighted by Gasteiger charge is 2.34. The van der Waals surface area contributed by atoms with Crippen molar-refractivity contribution in [1.29, 1.82) is 0 Å². The van der Waals surface area contributed by atoms with E-state index in [1.807, 2.05) is 6.92 Å². The number of carbonyl (C=O) groups is 2. The summed E-state index contributed by atoms with van der Waals surface area (Å²) in [4.78, 5) is 37.5. The summed E-state index contributed by atoms with van der Waals surface area (Å²) >= 11 is 1.42. The maximum absolute atomic E-state index is 15.4. The molecule has 4 heterocycles. The van der Waals surface area contributed by atoms with Crippen molar-refractivity contribution >= 4 is 29.0 Å². The van der Waals surface area contributed by atoms with E-state index in [0.29, 0.717) is 24.3 Å². The van der Waals surface area contributed by atoms with Crippen LogP contribution in [-0.2, 0) is 11.3 Å². The van der Waals surface area contributed by atoms with Crippen molar-refractivity contribution in [2.24, 2.45) is 0 Å². The highest BCUT2D eigenvalue weighted by atomic mass is 32.1. The van der Waals surface area contributed by atoms with Crippen LogP contribution in [0.1, 0.15) is 33.8 Å². The first-order chi connectivity index (χ1) is 13.9. The summed E-state index contributed by atoms with van der Waals surface area (Å²) in [5.74, 6) is -0.736. The molecule has 2 aliphatic rings. The van der Waals surface area contributed by atoms with E-state index in [9.17, 15) is 9.59 Å². The van der Waals surface area contributed by atoms with Gasteiger partial charge in [-0.3, -0.25) is 9.59 Å². The van der Waals surface area contributed by atoms with Gasteiger partial charge in [0, 0.05) is 44.5 Å². The third kappa shape index (κ3) is 3.39. The minimum Gasteiger partial charge on any atom is -0.352 e. The fraction of sp³-hybridized carbons (Fsp3) is 0.400. The van der Waals surface area contributed by atoms with Crippen molar-refractivity contribution in [2.45, 2.75) is 32.4 Å². The van der Waals surface area contributed by atoms with Crippen LogP contribution in [0, 0.1) is 12.7 Å².